The molecule has 3 aromatic rings. The van der Waals surface area contributed by atoms with Crippen molar-refractivity contribution < 1.29 is 23.3 Å². The lowest BCUT2D eigenvalue weighted by atomic mass is 10.0. The highest BCUT2D eigenvalue weighted by molar-refractivity contribution is 9.10. The highest BCUT2D eigenvalue weighted by Crippen LogP contribution is 2.46. The van der Waals surface area contributed by atoms with E-state index in [1.54, 1.807) is 54.6 Å². The number of hydrogen-bond donors (Lipinski definition) is 1. The minimum atomic E-state index is -4.38. The van der Waals surface area contributed by atoms with Crippen molar-refractivity contribution in [1.82, 2.24) is 0 Å². The first-order valence-electron chi connectivity index (χ1n) is 7.61. The average molecular weight is 433 g/mol. The zero-order valence-electron chi connectivity index (χ0n) is 13.4. The first-order valence-corrected chi connectivity index (χ1v) is 9.90. The van der Waals surface area contributed by atoms with Crippen LogP contribution in [0.15, 0.2) is 83.3 Å². The molecule has 3 aromatic carbocycles. The largest absolute Gasteiger partial charge is 0.584 e. The number of halogens is 1. The minimum absolute atomic E-state index is 0.0939. The summed E-state index contributed by atoms with van der Waals surface area (Å²) in [6.07, 6.45) is 0. The number of hydrogen-bond acceptors (Lipinski definition) is 4. The van der Waals surface area contributed by atoms with Crippen LogP contribution in [0.25, 0.3) is 0 Å². The van der Waals surface area contributed by atoms with Crippen molar-refractivity contribution in [2.75, 3.05) is 0 Å². The van der Waals surface area contributed by atoms with Crippen LogP contribution in [0.4, 0.5) is 0 Å². The highest BCUT2D eigenvalue weighted by atomic mass is 79.9. The molecule has 1 atom stereocenters. The minimum Gasteiger partial charge on any atom is -0.395 e. The van der Waals surface area contributed by atoms with Gasteiger partial charge in [0.1, 0.15) is 11.5 Å². The molecule has 0 saturated heterocycles. The van der Waals surface area contributed by atoms with Crippen LogP contribution in [-0.2, 0) is 4.57 Å². The third-order valence-electron chi connectivity index (χ3n) is 3.41. The van der Waals surface area contributed by atoms with Crippen molar-refractivity contribution in [3.8, 4) is 11.5 Å². The molecule has 0 aliphatic rings. The Bertz CT molecular complexity index is 960. The summed E-state index contributed by atoms with van der Waals surface area (Å²) in [5, 5.41) is 0. The molecule has 0 aliphatic heterocycles. The zero-order valence-corrected chi connectivity index (χ0v) is 15.9. The first kappa shape index (κ1) is 18.4. The van der Waals surface area contributed by atoms with E-state index in [1.165, 1.54) is 18.2 Å². The predicted octanol–water partition coefficient (Wildman–Crippen LogP) is 5.24. The van der Waals surface area contributed by atoms with Crippen molar-refractivity contribution in [3.05, 3.63) is 94.5 Å². The SMILES string of the molecule is O=C(c1ccccc1)c1ccc(OP(=O)(O)Oc2ccccc2)c(Br)c1. The van der Waals surface area contributed by atoms with Crippen LogP contribution in [-0.4, -0.2) is 10.7 Å². The second kappa shape index (κ2) is 7.87. The van der Waals surface area contributed by atoms with Crippen LogP contribution < -0.4 is 9.05 Å². The number of carbonyl (C=O) groups is 1. The number of benzene rings is 3. The van der Waals surface area contributed by atoms with E-state index in [2.05, 4.69) is 15.9 Å². The Labute approximate surface area is 159 Å². The smallest absolute Gasteiger partial charge is 0.395 e. The third-order valence-corrected chi connectivity index (χ3v) is 4.90. The quantitative estimate of drug-likeness (QED) is 0.425. The summed E-state index contributed by atoms with van der Waals surface area (Å²) in [5.74, 6) is 0.146. The van der Waals surface area contributed by atoms with Gasteiger partial charge in [-0.15, -0.1) is 0 Å². The molecule has 26 heavy (non-hydrogen) atoms. The van der Waals surface area contributed by atoms with Gasteiger partial charge in [0.15, 0.2) is 5.78 Å². The average Bonchev–Trinajstić information content (AvgIpc) is 2.64. The van der Waals surface area contributed by atoms with Gasteiger partial charge in [-0.05, 0) is 46.3 Å². The number of para-hydroxylation sites is 1. The van der Waals surface area contributed by atoms with Gasteiger partial charge in [-0.25, -0.2) is 4.57 Å². The zero-order chi connectivity index (χ0) is 18.6. The predicted molar refractivity (Wildman–Crippen MR) is 102 cm³/mol. The molecule has 3 rings (SSSR count). The summed E-state index contributed by atoms with van der Waals surface area (Å²) in [7, 11) is -4.38. The van der Waals surface area contributed by atoms with E-state index in [0.29, 0.717) is 15.6 Å². The van der Waals surface area contributed by atoms with Gasteiger partial charge < -0.3 is 9.05 Å². The first-order chi connectivity index (χ1) is 12.4. The van der Waals surface area contributed by atoms with E-state index in [9.17, 15) is 14.3 Å². The Morgan fingerprint density at radius 2 is 1.46 bits per heavy atom. The Balaban J connectivity index is 1.77. The van der Waals surface area contributed by atoms with Gasteiger partial charge >= 0.3 is 7.82 Å². The van der Waals surface area contributed by atoms with Gasteiger partial charge in [0, 0.05) is 11.1 Å². The van der Waals surface area contributed by atoms with Crippen molar-refractivity contribution in [2.24, 2.45) is 0 Å². The second-order valence-corrected chi connectivity index (χ2v) is 7.46. The molecule has 0 aromatic heterocycles. The second-order valence-electron chi connectivity index (χ2n) is 5.30. The number of phosphoric ester groups is 1. The summed E-state index contributed by atoms with van der Waals surface area (Å²) in [4.78, 5) is 22.4. The molecule has 0 radical (unpaired) electrons. The molecule has 0 spiro atoms. The van der Waals surface area contributed by atoms with Crippen molar-refractivity contribution in [2.45, 2.75) is 0 Å². The van der Waals surface area contributed by atoms with E-state index in [0.717, 1.165) is 0 Å². The van der Waals surface area contributed by atoms with Gasteiger partial charge in [0.05, 0.1) is 4.47 Å². The lowest BCUT2D eigenvalue weighted by Gasteiger charge is -2.15. The van der Waals surface area contributed by atoms with Crippen molar-refractivity contribution in [3.63, 3.8) is 0 Å². The third kappa shape index (κ3) is 4.61. The molecule has 7 heteroatoms. The van der Waals surface area contributed by atoms with Crippen LogP contribution in [0, 0.1) is 0 Å². The molecule has 0 aliphatic carbocycles. The van der Waals surface area contributed by atoms with Crippen LogP contribution in [0.1, 0.15) is 15.9 Å². The van der Waals surface area contributed by atoms with E-state index in [1.807, 2.05) is 6.07 Å². The maximum absolute atomic E-state index is 12.4. The lowest BCUT2D eigenvalue weighted by molar-refractivity contribution is 0.103. The highest BCUT2D eigenvalue weighted by Gasteiger charge is 2.26. The normalized spacial score (nSPS) is 12.8. The van der Waals surface area contributed by atoms with E-state index in [4.69, 9.17) is 9.05 Å². The Morgan fingerprint density at radius 1 is 0.846 bits per heavy atom. The summed E-state index contributed by atoms with van der Waals surface area (Å²) in [6.45, 7) is 0. The molecule has 132 valence electrons. The molecule has 0 heterocycles. The Morgan fingerprint density at radius 3 is 2.08 bits per heavy atom. The molecule has 0 bridgehead atoms. The maximum Gasteiger partial charge on any atom is 0.584 e. The molecule has 5 nitrogen and oxygen atoms in total. The summed E-state index contributed by atoms with van der Waals surface area (Å²) in [6, 6.07) is 21.5. The van der Waals surface area contributed by atoms with Crippen LogP contribution in [0.5, 0.6) is 11.5 Å². The number of phosphoric acid groups is 1. The Kier molecular flexibility index (Phi) is 5.57. The van der Waals surface area contributed by atoms with Crippen molar-refractivity contribution in [1.29, 1.82) is 0 Å². The van der Waals surface area contributed by atoms with Gasteiger partial charge in [-0.3, -0.25) is 9.69 Å². The van der Waals surface area contributed by atoms with E-state index < -0.39 is 7.82 Å². The summed E-state index contributed by atoms with van der Waals surface area (Å²) < 4.78 is 22.7. The Hall–Kier alpha value is -2.40. The fourth-order valence-corrected chi connectivity index (χ4v) is 3.65. The van der Waals surface area contributed by atoms with Crippen LogP contribution >= 0.6 is 23.8 Å². The number of carbonyl (C=O) groups excluding carboxylic acids is 1. The molecule has 0 fully saturated rings. The van der Waals surface area contributed by atoms with Crippen LogP contribution in [0.3, 0.4) is 0 Å². The standard InChI is InChI=1S/C19H14BrO5P/c20-17-13-15(19(21)14-7-3-1-4-8-14)11-12-18(17)25-26(22,23)24-16-9-5-2-6-10-16/h1-13H,(H,22,23). The monoisotopic (exact) mass is 432 g/mol. The molecular weight excluding hydrogens is 419 g/mol. The van der Waals surface area contributed by atoms with Gasteiger partial charge in [0.2, 0.25) is 0 Å². The van der Waals surface area contributed by atoms with Crippen molar-refractivity contribution >= 4 is 29.5 Å². The molecule has 1 unspecified atom stereocenters. The van der Waals surface area contributed by atoms with Crippen LogP contribution in [0.2, 0.25) is 0 Å². The molecule has 0 amide bonds. The number of rotatable bonds is 6. The van der Waals surface area contributed by atoms with Gasteiger partial charge in [-0.2, -0.15) is 0 Å². The van der Waals surface area contributed by atoms with Gasteiger partial charge in [-0.1, -0.05) is 48.5 Å². The topological polar surface area (TPSA) is 72.8 Å². The van der Waals surface area contributed by atoms with E-state index >= 15 is 0 Å². The molecule has 1 N–H and O–H groups in total. The maximum atomic E-state index is 12.4. The summed E-state index contributed by atoms with van der Waals surface area (Å²) in [5.41, 5.74) is 0.973. The molecular formula is C19H14BrO5P. The number of ketones is 1. The lowest BCUT2D eigenvalue weighted by Crippen LogP contribution is -2.03. The molecule has 0 saturated carbocycles. The fourth-order valence-electron chi connectivity index (χ4n) is 2.23. The van der Waals surface area contributed by atoms with E-state index in [-0.39, 0.29) is 17.3 Å². The van der Waals surface area contributed by atoms with Gasteiger partial charge in [0.25, 0.3) is 0 Å². The fraction of sp³-hybridized carbons (Fsp3) is 0. The summed E-state index contributed by atoms with van der Waals surface area (Å²) >= 11 is 3.26.